The highest BCUT2D eigenvalue weighted by molar-refractivity contribution is 5.74. The van der Waals surface area contributed by atoms with E-state index in [1.54, 1.807) is 0 Å². The van der Waals surface area contributed by atoms with E-state index in [0.717, 1.165) is 78.3 Å². The number of rotatable bonds is 11. The van der Waals surface area contributed by atoms with Gasteiger partial charge in [0, 0.05) is 11.1 Å². The Kier molecular flexibility index (Phi) is 10.6. The van der Waals surface area contributed by atoms with Gasteiger partial charge in [-0.25, -0.2) is 0 Å². The molecule has 2 N–H and O–H groups in total. The Labute approximate surface area is 260 Å². The molecule has 2 heteroatoms. The minimum Gasteiger partial charge on any atom is -0.507 e. The van der Waals surface area contributed by atoms with Gasteiger partial charge in [-0.1, -0.05) is 133 Å². The lowest BCUT2D eigenvalue weighted by Crippen LogP contribution is -2.12. The molecule has 0 aliphatic carbocycles. The minimum absolute atomic E-state index is 0.00971. The Morgan fingerprint density at radius 1 is 0.512 bits per heavy atom. The first-order valence-electron chi connectivity index (χ1n) is 15.9. The van der Waals surface area contributed by atoms with Crippen LogP contribution in [-0.4, -0.2) is 10.2 Å². The zero-order valence-corrected chi connectivity index (χ0v) is 27.1. The van der Waals surface area contributed by atoms with Crippen LogP contribution >= 0.6 is 0 Å². The molecule has 0 aliphatic heterocycles. The van der Waals surface area contributed by atoms with Crippen molar-refractivity contribution in [3.05, 3.63) is 119 Å². The van der Waals surface area contributed by atoms with E-state index in [0.29, 0.717) is 11.5 Å². The van der Waals surface area contributed by atoms with E-state index in [2.05, 4.69) is 102 Å². The number of hydrogen-bond donors (Lipinski definition) is 2. The number of hydrogen-bond acceptors (Lipinski definition) is 2. The van der Waals surface area contributed by atoms with Gasteiger partial charge in [-0.15, -0.1) is 0 Å². The van der Waals surface area contributed by atoms with Gasteiger partial charge in [0.15, 0.2) is 0 Å². The maximum atomic E-state index is 11.2. The molecule has 0 heterocycles. The first kappa shape index (κ1) is 32.1. The van der Waals surface area contributed by atoms with Crippen LogP contribution in [0.15, 0.2) is 97.1 Å². The van der Waals surface area contributed by atoms with E-state index in [1.807, 2.05) is 36.4 Å². The molecule has 0 saturated heterocycles. The highest BCUT2D eigenvalue weighted by Crippen LogP contribution is 2.39. The number of allylic oxidation sites excluding steroid dienone is 2. The third kappa shape index (κ3) is 8.63. The Morgan fingerprint density at radius 2 is 0.953 bits per heavy atom. The summed E-state index contributed by atoms with van der Waals surface area (Å²) in [5.41, 5.74) is 8.57. The van der Waals surface area contributed by atoms with Gasteiger partial charge in [0.05, 0.1) is 0 Å². The average molecular weight is 575 g/mol. The Morgan fingerprint density at radius 3 is 1.42 bits per heavy atom. The summed E-state index contributed by atoms with van der Waals surface area (Å²) in [7, 11) is 0. The van der Waals surface area contributed by atoms with E-state index < -0.39 is 0 Å². The fourth-order valence-corrected chi connectivity index (χ4v) is 5.54. The van der Waals surface area contributed by atoms with Gasteiger partial charge in [-0.05, 0) is 94.9 Å². The van der Waals surface area contributed by atoms with Crippen molar-refractivity contribution in [2.24, 2.45) is 0 Å². The number of aromatic hydroxyl groups is 2. The highest BCUT2D eigenvalue weighted by Gasteiger charge is 2.20. The Balaban J connectivity index is 1.31. The predicted molar refractivity (Wildman–Crippen MR) is 184 cm³/mol. The molecule has 0 aliphatic rings. The largest absolute Gasteiger partial charge is 0.507 e. The van der Waals surface area contributed by atoms with Gasteiger partial charge in [0.1, 0.15) is 11.5 Å². The van der Waals surface area contributed by atoms with Crippen molar-refractivity contribution in [1.82, 2.24) is 0 Å². The normalized spacial score (nSPS) is 12.2. The molecule has 4 aromatic rings. The van der Waals surface area contributed by atoms with Crippen LogP contribution < -0.4 is 0 Å². The van der Waals surface area contributed by atoms with Crippen LogP contribution in [-0.2, 0) is 23.7 Å². The maximum Gasteiger partial charge on any atom is 0.126 e. The minimum atomic E-state index is 0.00971. The van der Waals surface area contributed by atoms with E-state index in [1.165, 1.54) is 11.1 Å². The number of unbranched alkanes of at least 4 members (excludes halogenated alkanes) is 3. The molecule has 4 rings (SSSR count). The van der Waals surface area contributed by atoms with Gasteiger partial charge in [-0.2, -0.15) is 0 Å². The summed E-state index contributed by atoms with van der Waals surface area (Å²) in [6, 6.07) is 29.1. The van der Waals surface area contributed by atoms with Gasteiger partial charge in [-0.3, -0.25) is 0 Å². The molecular formula is C41H50O2. The van der Waals surface area contributed by atoms with Gasteiger partial charge in [0.2, 0.25) is 0 Å². The summed E-state index contributed by atoms with van der Waals surface area (Å²) >= 11 is 0. The summed E-state index contributed by atoms with van der Waals surface area (Å²) in [4.78, 5) is 0. The quantitative estimate of drug-likeness (QED) is 0.138. The monoisotopic (exact) mass is 574 g/mol. The number of phenols is 2. The molecule has 0 unspecified atom stereocenters. The van der Waals surface area contributed by atoms with Crippen molar-refractivity contribution in [3.63, 3.8) is 0 Å². The van der Waals surface area contributed by atoms with Gasteiger partial charge in [0.25, 0.3) is 0 Å². The third-order valence-corrected chi connectivity index (χ3v) is 8.34. The number of benzene rings is 4. The molecule has 0 amide bonds. The maximum absolute atomic E-state index is 11.2. The summed E-state index contributed by atoms with van der Waals surface area (Å²) in [5.74, 6) is 0.829. The fourth-order valence-electron chi connectivity index (χ4n) is 5.54. The zero-order valence-electron chi connectivity index (χ0n) is 27.1. The third-order valence-electron chi connectivity index (χ3n) is 8.34. The molecule has 0 bridgehead atoms. The predicted octanol–water partition coefficient (Wildman–Crippen LogP) is 11.3. The number of aryl methyl sites for hydroxylation is 2. The van der Waals surface area contributed by atoms with Crippen LogP contribution in [0.25, 0.3) is 22.3 Å². The Hall–Kier alpha value is -3.78. The van der Waals surface area contributed by atoms with E-state index in [-0.39, 0.29) is 10.8 Å². The molecule has 4 aromatic carbocycles. The first-order valence-corrected chi connectivity index (χ1v) is 15.9. The smallest absolute Gasteiger partial charge is 0.126 e. The van der Waals surface area contributed by atoms with Crippen LogP contribution in [0.3, 0.4) is 0 Å². The lowest BCUT2D eigenvalue weighted by Gasteiger charge is -2.23. The topological polar surface area (TPSA) is 40.5 Å². The summed E-state index contributed by atoms with van der Waals surface area (Å²) in [6.07, 6.45) is 11.5. The Bertz CT molecular complexity index is 1500. The lowest BCUT2D eigenvalue weighted by molar-refractivity contribution is 0.466. The molecule has 2 nitrogen and oxygen atoms in total. The van der Waals surface area contributed by atoms with Crippen LogP contribution in [0.2, 0.25) is 0 Å². The molecule has 0 aromatic heterocycles. The molecule has 0 atom stereocenters. The van der Waals surface area contributed by atoms with Crippen molar-refractivity contribution in [2.45, 2.75) is 97.3 Å². The second-order valence-corrected chi connectivity index (χ2v) is 13.9. The van der Waals surface area contributed by atoms with Crippen molar-refractivity contribution in [1.29, 1.82) is 0 Å². The van der Waals surface area contributed by atoms with Crippen molar-refractivity contribution < 1.29 is 10.2 Å². The number of phenolic OH excluding ortho intramolecular Hbond substituents is 2. The van der Waals surface area contributed by atoms with Crippen LogP contribution in [0, 0.1) is 0 Å². The van der Waals surface area contributed by atoms with Crippen LogP contribution in [0.1, 0.15) is 95.9 Å². The first-order chi connectivity index (χ1) is 20.4. The lowest BCUT2D eigenvalue weighted by atomic mass is 9.83. The molecular weight excluding hydrogens is 524 g/mol. The average Bonchev–Trinajstić information content (AvgIpc) is 2.97. The van der Waals surface area contributed by atoms with Crippen molar-refractivity contribution in [3.8, 4) is 33.8 Å². The van der Waals surface area contributed by atoms with E-state index in [4.69, 9.17) is 0 Å². The van der Waals surface area contributed by atoms with Crippen LogP contribution in [0.4, 0.5) is 0 Å². The summed E-state index contributed by atoms with van der Waals surface area (Å²) in [5, 5.41) is 22.3. The molecule has 0 fully saturated rings. The highest BCUT2D eigenvalue weighted by atomic mass is 16.3. The van der Waals surface area contributed by atoms with Crippen LogP contribution in [0.5, 0.6) is 11.5 Å². The van der Waals surface area contributed by atoms with E-state index in [9.17, 15) is 10.2 Å². The molecule has 0 spiro atoms. The van der Waals surface area contributed by atoms with E-state index >= 15 is 0 Å². The summed E-state index contributed by atoms with van der Waals surface area (Å²) < 4.78 is 0. The summed E-state index contributed by atoms with van der Waals surface area (Å²) in [6.45, 7) is 13.4. The second kappa shape index (κ2) is 14.1. The molecule has 0 radical (unpaired) electrons. The van der Waals surface area contributed by atoms with Gasteiger partial charge >= 0.3 is 0 Å². The van der Waals surface area contributed by atoms with Crippen molar-refractivity contribution in [2.75, 3.05) is 0 Å². The molecule has 0 saturated carbocycles. The fraction of sp³-hybridized carbons (Fsp3) is 0.366. The van der Waals surface area contributed by atoms with Crippen molar-refractivity contribution >= 4 is 0 Å². The molecule has 226 valence electrons. The van der Waals surface area contributed by atoms with Gasteiger partial charge < -0.3 is 10.2 Å². The zero-order chi connectivity index (χ0) is 31.0. The molecule has 43 heavy (non-hydrogen) atoms. The second-order valence-electron chi connectivity index (χ2n) is 13.9. The SMILES string of the molecule is CC(C)(C)c1cc(CC/C=C/CCCCCc2cc(C(C)(C)C)cc(-c3ccccc3)c2O)c(O)c(-c2ccccc2)c1. The standard InChI is InChI=1S/C41H50O2/c1-40(2,3)34-26-32(38(42)36(28-34)30-20-16-12-17-21-30)24-14-10-8-7-9-11-15-25-33-27-35(41(4,5)6)29-37(39(33)43)31-22-18-13-19-23-31/h8,10,12-13,16-23,26-29,42-43H,7,9,11,14-15,24-25H2,1-6H3/b10-8+.